The summed E-state index contributed by atoms with van der Waals surface area (Å²) in [5.74, 6) is -0.275. The van der Waals surface area contributed by atoms with Gasteiger partial charge in [0.1, 0.15) is 23.4 Å². The van der Waals surface area contributed by atoms with E-state index in [1.54, 1.807) is 38.3 Å². The normalized spacial score (nSPS) is 18.3. The molecular weight excluding hydrogens is 284 g/mol. The standard InChI is InChI=1S/C15H16N4O3/c1-9-12(8-16)14(20)19(2)15(21)13(9)18-17-10-4-6-11(22-3)7-5-10/h4-7,13,17-18H,1-3H3. The fourth-order valence-corrected chi connectivity index (χ4v) is 2.10. The first-order valence-electron chi connectivity index (χ1n) is 6.58. The van der Waals surface area contributed by atoms with Crippen molar-refractivity contribution in [2.45, 2.75) is 13.0 Å². The molecule has 1 aliphatic rings. The van der Waals surface area contributed by atoms with Crippen LogP contribution in [0, 0.1) is 11.3 Å². The van der Waals surface area contributed by atoms with Gasteiger partial charge in [-0.05, 0) is 36.8 Å². The maximum Gasteiger partial charge on any atom is 0.270 e. The van der Waals surface area contributed by atoms with Crippen LogP contribution in [0.15, 0.2) is 35.4 Å². The lowest BCUT2D eigenvalue weighted by molar-refractivity contribution is -0.142. The Kier molecular flexibility index (Phi) is 4.44. The SMILES string of the molecule is COc1ccc(NNC2C(=O)N(C)C(=O)C(C#N)=C2C)cc1. The number of anilines is 1. The molecule has 1 heterocycles. The number of imide groups is 1. The first kappa shape index (κ1) is 15.5. The molecule has 1 aromatic rings. The van der Waals surface area contributed by atoms with Crippen LogP contribution in [0.2, 0.25) is 0 Å². The molecule has 114 valence electrons. The van der Waals surface area contributed by atoms with Crippen LogP contribution in [0.1, 0.15) is 6.92 Å². The van der Waals surface area contributed by atoms with Crippen LogP contribution >= 0.6 is 0 Å². The number of methoxy groups -OCH3 is 1. The summed E-state index contributed by atoms with van der Waals surface area (Å²) in [7, 11) is 2.93. The minimum Gasteiger partial charge on any atom is -0.497 e. The van der Waals surface area contributed by atoms with Crippen LogP contribution in [-0.2, 0) is 9.59 Å². The van der Waals surface area contributed by atoms with Crippen LogP contribution in [0.25, 0.3) is 0 Å². The molecule has 1 aliphatic heterocycles. The zero-order valence-corrected chi connectivity index (χ0v) is 12.5. The molecule has 0 aliphatic carbocycles. The van der Waals surface area contributed by atoms with Gasteiger partial charge in [0.15, 0.2) is 0 Å². The smallest absolute Gasteiger partial charge is 0.270 e. The molecule has 7 heteroatoms. The number of benzene rings is 1. The molecule has 2 rings (SSSR count). The van der Waals surface area contributed by atoms with Crippen LogP contribution in [0.4, 0.5) is 5.69 Å². The Hall–Kier alpha value is -2.85. The van der Waals surface area contributed by atoms with Gasteiger partial charge >= 0.3 is 0 Å². The Balaban J connectivity index is 2.17. The molecule has 2 N–H and O–H groups in total. The van der Waals surface area contributed by atoms with E-state index in [4.69, 9.17) is 10.00 Å². The van der Waals surface area contributed by atoms with Crippen LogP contribution in [0.3, 0.4) is 0 Å². The summed E-state index contributed by atoms with van der Waals surface area (Å²) < 4.78 is 5.06. The highest BCUT2D eigenvalue weighted by Crippen LogP contribution is 2.20. The van der Waals surface area contributed by atoms with E-state index < -0.39 is 17.9 Å². The lowest BCUT2D eigenvalue weighted by Gasteiger charge is -2.29. The molecule has 2 amide bonds. The number of hydrogen-bond donors (Lipinski definition) is 2. The van der Waals surface area contributed by atoms with E-state index in [1.807, 2.05) is 6.07 Å². The Bertz CT molecular complexity index is 673. The Morgan fingerprint density at radius 2 is 1.91 bits per heavy atom. The van der Waals surface area contributed by atoms with Crippen molar-refractivity contribution in [2.75, 3.05) is 19.6 Å². The van der Waals surface area contributed by atoms with Gasteiger partial charge in [-0.2, -0.15) is 5.26 Å². The lowest BCUT2D eigenvalue weighted by Crippen LogP contribution is -2.53. The number of hydrogen-bond acceptors (Lipinski definition) is 6. The average molecular weight is 300 g/mol. The van der Waals surface area contributed by atoms with Crippen molar-refractivity contribution in [3.8, 4) is 11.8 Å². The van der Waals surface area contributed by atoms with E-state index in [0.717, 1.165) is 10.6 Å². The van der Waals surface area contributed by atoms with Crippen LogP contribution in [0.5, 0.6) is 5.75 Å². The maximum absolute atomic E-state index is 12.2. The second-order valence-electron chi connectivity index (χ2n) is 4.80. The molecule has 0 bridgehead atoms. The molecule has 0 spiro atoms. The maximum atomic E-state index is 12.2. The van der Waals surface area contributed by atoms with Gasteiger partial charge in [0.25, 0.3) is 11.8 Å². The number of nitrogens with one attached hydrogen (secondary N) is 2. The molecule has 1 unspecified atom stereocenters. The molecule has 0 radical (unpaired) electrons. The number of likely N-dealkylation sites (N-methyl/N-ethyl adjacent to an activating group) is 1. The van der Waals surface area contributed by atoms with Crippen molar-refractivity contribution in [3.63, 3.8) is 0 Å². The first-order chi connectivity index (χ1) is 10.5. The van der Waals surface area contributed by atoms with Crippen molar-refractivity contribution in [1.29, 1.82) is 5.26 Å². The van der Waals surface area contributed by atoms with Gasteiger partial charge in [-0.3, -0.25) is 14.5 Å². The number of amides is 2. The van der Waals surface area contributed by atoms with Gasteiger partial charge in [-0.15, -0.1) is 0 Å². The molecule has 1 aromatic carbocycles. The number of rotatable bonds is 4. The van der Waals surface area contributed by atoms with E-state index in [0.29, 0.717) is 11.3 Å². The van der Waals surface area contributed by atoms with E-state index in [-0.39, 0.29) is 5.57 Å². The fraction of sp³-hybridized carbons (Fsp3) is 0.267. The summed E-state index contributed by atoms with van der Waals surface area (Å²) in [4.78, 5) is 24.9. The molecule has 0 saturated heterocycles. The van der Waals surface area contributed by atoms with E-state index in [2.05, 4.69) is 10.9 Å². The number of hydrazine groups is 1. The topological polar surface area (TPSA) is 94.5 Å². The Morgan fingerprint density at radius 1 is 1.27 bits per heavy atom. The van der Waals surface area contributed by atoms with Gasteiger partial charge in [0.05, 0.1) is 7.11 Å². The van der Waals surface area contributed by atoms with Crippen molar-refractivity contribution >= 4 is 17.5 Å². The Labute approximate surface area is 128 Å². The van der Waals surface area contributed by atoms with Crippen molar-refractivity contribution < 1.29 is 14.3 Å². The fourth-order valence-electron chi connectivity index (χ4n) is 2.10. The van der Waals surface area contributed by atoms with Crippen molar-refractivity contribution in [3.05, 3.63) is 35.4 Å². The zero-order chi connectivity index (χ0) is 16.3. The van der Waals surface area contributed by atoms with E-state index >= 15 is 0 Å². The highest BCUT2D eigenvalue weighted by atomic mass is 16.5. The van der Waals surface area contributed by atoms with E-state index in [9.17, 15) is 9.59 Å². The molecule has 1 atom stereocenters. The molecule has 0 saturated carbocycles. The summed E-state index contributed by atoms with van der Waals surface area (Å²) in [6, 6.07) is 8.16. The van der Waals surface area contributed by atoms with E-state index in [1.165, 1.54) is 7.05 Å². The second-order valence-corrected chi connectivity index (χ2v) is 4.80. The number of ether oxygens (including phenoxy) is 1. The number of nitrogens with zero attached hydrogens (tertiary/aromatic N) is 2. The molecule has 0 fully saturated rings. The molecular formula is C15H16N4O3. The summed E-state index contributed by atoms with van der Waals surface area (Å²) in [5, 5.41) is 9.07. The zero-order valence-electron chi connectivity index (χ0n) is 12.5. The first-order valence-corrected chi connectivity index (χ1v) is 6.58. The van der Waals surface area contributed by atoms with Crippen LogP contribution in [-0.4, -0.2) is 36.9 Å². The number of carbonyl (C=O) groups excluding carboxylic acids is 2. The van der Waals surface area contributed by atoms with Gasteiger partial charge in [-0.25, -0.2) is 5.43 Å². The van der Waals surface area contributed by atoms with Gasteiger partial charge in [0.2, 0.25) is 0 Å². The second kappa shape index (κ2) is 6.28. The number of carbonyl (C=O) groups is 2. The third kappa shape index (κ3) is 2.77. The quantitative estimate of drug-likeness (QED) is 0.631. The van der Waals surface area contributed by atoms with Crippen molar-refractivity contribution in [2.24, 2.45) is 0 Å². The third-order valence-corrected chi connectivity index (χ3v) is 3.49. The molecule has 22 heavy (non-hydrogen) atoms. The summed E-state index contributed by atoms with van der Waals surface area (Å²) in [6.07, 6.45) is 0. The highest BCUT2D eigenvalue weighted by molar-refractivity contribution is 6.12. The average Bonchev–Trinajstić information content (AvgIpc) is 2.54. The van der Waals surface area contributed by atoms with Gasteiger partial charge < -0.3 is 10.2 Å². The highest BCUT2D eigenvalue weighted by Gasteiger charge is 2.36. The van der Waals surface area contributed by atoms with Gasteiger partial charge in [-0.1, -0.05) is 0 Å². The predicted molar refractivity (Wildman–Crippen MR) is 79.6 cm³/mol. The minimum absolute atomic E-state index is 0.0175. The third-order valence-electron chi connectivity index (χ3n) is 3.49. The predicted octanol–water partition coefficient (Wildman–Crippen LogP) is 0.819. The van der Waals surface area contributed by atoms with Crippen molar-refractivity contribution in [1.82, 2.24) is 10.3 Å². The number of nitriles is 1. The molecule has 7 nitrogen and oxygen atoms in total. The monoisotopic (exact) mass is 300 g/mol. The van der Waals surface area contributed by atoms with Crippen LogP contribution < -0.4 is 15.6 Å². The summed E-state index contributed by atoms with van der Waals surface area (Å²) >= 11 is 0. The minimum atomic E-state index is -0.778. The summed E-state index contributed by atoms with van der Waals surface area (Å²) in [6.45, 7) is 1.59. The van der Waals surface area contributed by atoms with Gasteiger partial charge in [0, 0.05) is 12.7 Å². The molecule has 0 aromatic heterocycles. The summed E-state index contributed by atoms with van der Waals surface area (Å²) in [5.41, 5.74) is 6.85. The lowest BCUT2D eigenvalue weighted by atomic mass is 9.97. The Morgan fingerprint density at radius 3 is 2.45 bits per heavy atom. The largest absolute Gasteiger partial charge is 0.497 e.